The number of carbonyl (C=O) groups excluding carboxylic acids is 1. The van der Waals surface area contributed by atoms with E-state index in [0.29, 0.717) is 19.0 Å². The van der Waals surface area contributed by atoms with E-state index in [9.17, 15) is 4.79 Å². The van der Waals surface area contributed by atoms with E-state index in [1.807, 2.05) is 35.5 Å². The minimum atomic E-state index is 0.262. The molecule has 0 N–H and O–H groups in total. The summed E-state index contributed by atoms with van der Waals surface area (Å²) < 4.78 is 2.06. The summed E-state index contributed by atoms with van der Waals surface area (Å²) in [5, 5.41) is 0.882. The lowest BCUT2D eigenvalue weighted by molar-refractivity contribution is -0.132. The van der Waals surface area contributed by atoms with Gasteiger partial charge in [-0.1, -0.05) is 22.0 Å². The average molecular weight is 336 g/mol. The minimum Gasteiger partial charge on any atom is -0.334 e. The van der Waals surface area contributed by atoms with Crippen LogP contribution in [0.2, 0.25) is 0 Å². The Morgan fingerprint density at radius 2 is 2.30 bits per heavy atom. The maximum Gasteiger partial charge on any atom is 0.223 e. The van der Waals surface area contributed by atoms with Gasteiger partial charge in [-0.2, -0.15) is 0 Å². The second kappa shape index (κ2) is 5.95. The van der Waals surface area contributed by atoms with Crippen LogP contribution in [0.15, 0.2) is 30.6 Å². The fourth-order valence-electron chi connectivity index (χ4n) is 2.45. The number of halogens is 1. The van der Waals surface area contributed by atoms with Crippen molar-refractivity contribution in [2.45, 2.75) is 38.3 Å². The summed E-state index contributed by atoms with van der Waals surface area (Å²) in [4.78, 5) is 18.7. The van der Waals surface area contributed by atoms with E-state index in [0.717, 1.165) is 35.9 Å². The predicted octanol–water partition coefficient (Wildman–Crippen LogP) is 3.00. The van der Waals surface area contributed by atoms with Crippen molar-refractivity contribution in [3.8, 4) is 0 Å². The number of rotatable bonds is 6. The molecular formula is C15H18BrN3O. The lowest BCUT2D eigenvalue weighted by atomic mass is 10.2. The summed E-state index contributed by atoms with van der Waals surface area (Å²) in [6.07, 6.45) is 7.68. The largest absolute Gasteiger partial charge is 0.334 e. The third-order valence-electron chi connectivity index (χ3n) is 3.66. The number of alkyl halides is 1. The van der Waals surface area contributed by atoms with E-state index in [2.05, 4.69) is 25.3 Å². The third kappa shape index (κ3) is 2.87. The highest BCUT2D eigenvalue weighted by atomic mass is 79.9. The SMILES string of the molecule is O=C(CCCBr)N(Cc1cnc2ccccn12)C1CC1. The molecule has 0 spiro atoms. The lowest BCUT2D eigenvalue weighted by Gasteiger charge is -2.22. The molecule has 20 heavy (non-hydrogen) atoms. The molecule has 0 unspecified atom stereocenters. The molecule has 5 heteroatoms. The Balaban J connectivity index is 1.77. The first-order valence-electron chi connectivity index (χ1n) is 7.06. The Morgan fingerprint density at radius 1 is 1.45 bits per heavy atom. The summed E-state index contributed by atoms with van der Waals surface area (Å²) >= 11 is 3.39. The third-order valence-corrected chi connectivity index (χ3v) is 4.22. The molecule has 1 amide bonds. The van der Waals surface area contributed by atoms with Crippen molar-refractivity contribution in [2.75, 3.05) is 5.33 Å². The molecule has 1 aliphatic rings. The first-order valence-corrected chi connectivity index (χ1v) is 8.18. The highest BCUT2D eigenvalue weighted by Crippen LogP contribution is 2.29. The number of hydrogen-bond acceptors (Lipinski definition) is 2. The number of fused-ring (bicyclic) bond motifs is 1. The molecule has 1 saturated carbocycles. The van der Waals surface area contributed by atoms with Gasteiger partial charge in [0, 0.05) is 24.0 Å². The summed E-state index contributed by atoms with van der Waals surface area (Å²) in [6.45, 7) is 0.664. The standard InChI is InChI=1S/C15H18BrN3O/c16-8-3-5-15(20)19(12-6-7-12)11-13-10-17-14-4-1-2-9-18(13)14/h1-2,4,9-10,12H,3,5-8,11H2. The second-order valence-electron chi connectivity index (χ2n) is 5.22. The number of nitrogens with zero attached hydrogens (tertiary/aromatic N) is 3. The maximum absolute atomic E-state index is 12.3. The zero-order chi connectivity index (χ0) is 13.9. The molecule has 3 rings (SSSR count). The predicted molar refractivity (Wildman–Crippen MR) is 81.8 cm³/mol. The topological polar surface area (TPSA) is 37.6 Å². The number of amides is 1. The van der Waals surface area contributed by atoms with Crippen molar-refractivity contribution in [1.29, 1.82) is 0 Å². The summed E-state index contributed by atoms with van der Waals surface area (Å²) in [6, 6.07) is 6.39. The molecule has 0 bridgehead atoms. The number of pyridine rings is 1. The number of hydrogen-bond donors (Lipinski definition) is 0. The number of carbonyl (C=O) groups is 1. The molecule has 0 atom stereocenters. The van der Waals surface area contributed by atoms with Crippen molar-refractivity contribution in [2.24, 2.45) is 0 Å². The van der Waals surface area contributed by atoms with Crippen LogP contribution in [0.25, 0.3) is 5.65 Å². The van der Waals surface area contributed by atoms with Gasteiger partial charge in [-0.25, -0.2) is 4.98 Å². The molecule has 0 saturated heterocycles. The number of aromatic nitrogens is 2. The van der Waals surface area contributed by atoms with Gasteiger partial charge < -0.3 is 9.30 Å². The van der Waals surface area contributed by atoms with Crippen LogP contribution in [0.4, 0.5) is 0 Å². The van der Waals surface area contributed by atoms with E-state index in [-0.39, 0.29) is 5.91 Å². The van der Waals surface area contributed by atoms with Crippen LogP contribution >= 0.6 is 15.9 Å². The normalized spacial score (nSPS) is 14.7. The first kappa shape index (κ1) is 13.6. The van der Waals surface area contributed by atoms with Gasteiger partial charge in [-0.3, -0.25) is 4.79 Å². The Kier molecular flexibility index (Phi) is 4.05. The van der Waals surface area contributed by atoms with Gasteiger partial charge in [-0.15, -0.1) is 0 Å². The Hall–Kier alpha value is -1.36. The highest BCUT2D eigenvalue weighted by Gasteiger charge is 2.32. The summed E-state index contributed by atoms with van der Waals surface area (Å²) in [5.74, 6) is 0.262. The molecule has 0 aromatic carbocycles. The van der Waals surface area contributed by atoms with E-state index in [1.54, 1.807) is 0 Å². The number of imidazole rings is 1. The van der Waals surface area contributed by atoms with Gasteiger partial charge >= 0.3 is 0 Å². The molecule has 2 heterocycles. The van der Waals surface area contributed by atoms with Gasteiger partial charge in [0.1, 0.15) is 5.65 Å². The monoisotopic (exact) mass is 335 g/mol. The fourth-order valence-corrected chi connectivity index (χ4v) is 2.73. The molecule has 2 aromatic rings. The Labute approximate surface area is 126 Å². The second-order valence-corrected chi connectivity index (χ2v) is 6.02. The molecule has 2 aromatic heterocycles. The van der Waals surface area contributed by atoms with Gasteiger partial charge in [-0.05, 0) is 31.4 Å². The minimum absolute atomic E-state index is 0.262. The van der Waals surface area contributed by atoms with Gasteiger partial charge in [0.25, 0.3) is 0 Å². The molecular weight excluding hydrogens is 318 g/mol. The van der Waals surface area contributed by atoms with Crippen molar-refractivity contribution in [3.63, 3.8) is 0 Å². The van der Waals surface area contributed by atoms with Crippen LogP contribution in [-0.2, 0) is 11.3 Å². The summed E-state index contributed by atoms with van der Waals surface area (Å²) in [5.41, 5.74) is 2.02. The van der Waals surface area contributed by atoms with E-state index in [4.69, 9.17) is 0 Å². The van der Waals surface area contributed by atoms with Gasteiger partial charge in [0.2, 0.25) is 5.91 Å². The van der Waals surface area contributed by atoms with Crippen molar-refractivity contribution >= 4 is 27.5 Å². The van der Waals surface area contributed by atoms with Gasteiger partial charge in [0.15, 0.2) is 0 Å². The quantitative estimate of drug-likeness (QED) is 0.761. The van der Waals surface area contributed by atoms with E-state index >= 15 is 0 Å². The smallest absolute Gasteiger partial charge is 0.223 e. The van der Waals surface area contributed by atoms with Crippen LogP contribution < -0.4 is 0 Å². The average Bonchev–Trinajstić information content (AvgIpc) is 3.23. The maximum atomic E-state index is 12.3. The zero-order valence-electron chi connectivity index (χ0n) is 11.3. The van der Waals surface area contributed by atoms with Crippen LogP contribution in [0.3, 0.4) is 0 Å². The van der Waals surface area contributed by atoms with Crippen LogP contribution in [-0.4, -0.2) is 31.6 Å². The van der Waals surface area contributed by atoms with Crippen molar-refractivity contribution in [1.82, 2.24) is 14.3 Å². The van der Waals surface area contributed by atoms with Crippen LogP contribution in [0.1, 0.15) is 31.4 Å². The van der Waals surface area contributed by atoms with Crippen LogP contribution in [0.5, 0.6) is 0 Å². The lowest BCUT2D eigenvalue weighted by Crippen LogP contribution is -2.32. The highest BCUT2D eigenvalue weighted by molar-refractivity contribution is 9.09. The fraction of sp³-hybridized carbons (Fsp3) is 0.467. The van der Waals surface area contributed by atoms with E-state index < -0.39 is 0 Å². The zero-order valence-corrected chi connectivity index (χ0v) is 12.9. The molecule has 1 fully saturated rings. The molecule has 0 radical (unpaired) electrons. The molecule has 106 valence electrons. The molecule has 1 aliphatic carbocycles. The Morgan fingerprint density at radius 3 is 3.05 bits per heavy atom. The van der Waals surface area contributed by atoms with Crippen LogP contribution in [0, 0.1) is 0 Å². The molecule has 0 aliphatic heterocycles. The molecule has 4 nitrogen and oxygen atoms in total. The van der Waals surface area contributed by atoms with Crippen molar-refractivity contribution < 1.29 is 4.79 Å². The van der Waals surface area contributed by atoms with Gasteiger partial charge in [0.05, 0.1) is 18.4 Å². The van der Waals surface area contributed by atoms with E-state index in [1.165, 1.54) is 0 Å². The van der Waals surface area contributed by atoms with Crippen molar-refractivity contribution in [3.05, 3.63) is 36.3 Å². The Bertz CT molecular complexity index is 606. The first-order chi connectivity index (χ1) is 9.79. The summed E-state index contributed by atoms with van der Waals surface area (Å²) in [7, 11) is 0.